The van der Waals surface area contributed by atoms with Gasteiger partial charge in [0.15, 0.2) is 0 Å². The Morgan fingerprint density at radius 3 is 2.53 bits per heavy atom. The number of carbonyl (C=O) groups is 1. The molecule has 2 aliphatic carbocycles. The quantitative estimate of drug-likeness (QED) is 0.521. The summed E-state index contributed by atoms with van der Waals surface area (Å²) in [4.78, 5) is 11.7. The zero-order valence-corrected chi connectivity index (χ0v) is 8.92. The van der Waals surface area contributed by atoms with E-state index in [0.29, 0.717) is 5.57 Å². The van der Waals surface area contributed by atoms with E-state index in [4.69, 9.17) is 4.74 Å². The summed E-state index contributed by atoms with van der Waals surface area (Å²) in [5, 5.41) is 0. The Morgan fingerprint density at radius 2 is 1.93 bits per heavy atom. The summed E-state index contributed by atoms with van der Waals surface area (Å²) in [5.41, 5.74) is 1.61. The van der Waals surface area contributed by atoms with Gasteiger partial charge in [0.25, 0.3) is 0 Å². The fraction of sp³-hybridized carbons (Fsp3) is 0.462. The summed E-state index contributed by atoms with van der Waals surface area (Å²) < 4.78 is 5.27. The summed E-state index contributed by atoms with van der Waals surface area (Å²) in [6, 6.07) is 0. The molecule has 0 aliphatic heterocycles. The fourth-order valence-electron chi connectivity index (χ4n) is 1.99. The van der Waals surface area contributed by atoms with Crippen LogP contribution in [0, 0.1) is 0 Å². The molecule has 15 heavy (non-hydrogen) atoms. The van der Waals surface area contributed by atoms with Crippen molar-refractivity contribution in [1.29, 1.82) is 0 Å². The predicted octanol–water partition coefficient (Wildman–Crippen LogP) is 3.26. The molecule has 0 aromatic carbocycles. The van der Waals surface area contributed by atoms with Gasteiger partial charge in [-0.1, -0.05) is 12.7 Å². The number of esters is 1. The van der Waals surface area contributed by atoms with Crippen LogP contribution in [0.3, 0.4) is 0 Å². The first kappa shape index (κ1) is 10.2. The molecule has 2 nitrogen and oxygen atoms in total. The first-order valence-electron chi connectivity index (χ1n) is 5.57. The molecule has 0 saturated carbocycles. The summed E-state index contributed by atoms with van der Waals surface area (Å²) in [6.07, 6.45) is 10.2. The van der Waals surface area contributed by atoms with Crippen molar-refractivity contribution in [2.75, 3.05) is 0 Å². The molecule has 80 valence electrons. The molecule has 0 heterocycles. The van der Waals surface area contributed by atoms with Gasteiger partial charge in [-0.05, 0) is 43.8 Å². The zero-order chi connectivity index (χ0) is 10.7. The van der Waals surface area contributed by atoms with Crippen LogP contribution < -0.4 is 0 Å². The van der Waals surface area contributed by atoms with Crippen LogP contribution in [0.2, 0.25) is 0 Å². The molecular weight excluding hydrogens is 188 g/mol. The van der Waals surface area contributed by atoms with Crippen LogP contribution in [-0.4, -0.2) is 5.97 Å². The number of rotatable bonds is 3. The highest BCUT2D eigenvalue weighted by molar-refractivity contribution is 5.93. The van der Waals surface area contributed by atoms with E-state index in [1.165, 1.54) is 0 Å². The van der Waals surface area contributed by atoms with Gasteiger partial charge in [0, 0.05) is 6.42 Å². The largest absolute Gasteiger partial charge is 0.428 e. The Balaban J connectivity index is 1.92. The van der Waals surface area contributed by atoms with Crippen molar-refractivity contribution in [2.45, 2.75) is 38.5 Å². The lowest BCUT2D eigenvalue weighted by molar-refractivity contribution is -0.134. The molecule has 0 unspecified atom stereocenters. The number of carbonyl (C=O) groups excluding carboxylic acids is 1. The SMILES string of the molecule is C=C(C(=O)OC1=CCCC1)C1=CCCC1. The maximum Gasteiger partial charge on any atom is 0.342 e. The van der Waals surface area contributed by atoms with Gasteiger partial charge in [0.1, 0.15) is 5.76 Å². The second-order valence-electron chi connectivity index (χ2n) is 4.05. The average molecular weight is 204 g/mol. The van der Waals surface area contributed by atoms with Crippen molar-refractivity contribution in [2.24, 2.45) is 0 Å². The lowest BCUT2D eigenvalue weighted by Gasteiger charge is -2.07. The molecule has 0 fully saturated rings. The van der Waals surface area contributed by atoms with Crippen molar-refractivity contribution in [3.05, 3.63) is 35.6 Å². The van der Waals surface area contributed by atoms with Crippen molar-refractivity contribution in [3.8, 4) is 0 Å². The van der Waals surface area contributed by atoms with Crippen LogP contribution in [0.1, 0.15) is 38.5 Å². The highest BCUT2D eigenvalue weighted by Gasteiger charge is 2.18. The third kappa shape index (κ3) is 2.38. The van der Waals surface area contributed by atoms with Crippen molar-refractivity contribution < 1.29 is 9.53 Å². The van der Waals surface area contributed by atoms with Crippen LogP contribution in [-0.2, 0) is 9.53 Å². The van der Waals surface area contributed by atoms with Gasteiger partial charge in [-0.3, -0.25) is 0 Å². The molecule has 2 heteroatoms. The Kier molecular flexibility index (Phi) is 3.05. The topological polar surface area (TPSA) is 26.3 Å². The monoisotopic (exact) mass is 204 g/mol. The Hall–Kier alpha value is -1.31. The van der Waals surface area contributed by atoms with E-state index in [2.05, 4.69) is 12.7 Å². The highest BCUT2D eigenvalue weighted by atomic mass is 16.5. The maximum atomic E-state index is 11.7. The Bertz CT molecular complexity index is 348. The van der Waals surface area contributed by atoms with Gasteiger partial charge in [-0.15, -0.1) is 0 Å². The van der Waals surface area contributed by atoms with Crippen LogP contribution in [0.25, 0.3) is 0 Å². The van der Waals surface area contributed by atoms with Gasteiger partial charge >= 0.3 is 5.97 Å². The molecule has 0 aromatic rings. The molecule has 0 radical (unpaired) electrons. The fourth-order valence-corrected chi connectivity index (χ4v) is 1.99. The van der Waals surface area contributed by atoms with Crippen LogP contribution in [0.5, 0.6) is 0 Å². The van der Waals surface area contributed by atoms with Gasteiger partial charge in [0.05, 0.1) is 5.57 Å². The van der Waals surface area contributed by atoms with E-state index in [0.717, 1.165) is 49.9 Å². The minimum atomic E-state index is -0.267. The first-order chi connectivity index (χ1) is 7.27. The van der Waals surface area contributed by atoms with Gasteiger partial charge in [0.2, 0.25) is 0 Å². The number of allylic oxidation sites excluding steroid dienone is 3. The molecule has 0 atom stereocenters. The highest BCUT2D eigenvalue weighted by Crippen LogP contribution is 2.26. The maximum absolute atomic E-state index is 11.7. The Morgan fingerprint density at radius 1 is 1.20 bits per heavy atom. The second-order valence-corrected chi connectivity index (χ2v) is 4.05. The smallest absolute Gasteiger partial charge is 0.342 e. The predicted molar refractivity (Wildman–Crippen MR) is 59.1 cm³/mol. The summed E-state index contributed by atoms with van der Waals surface area (Å²) in [6.45, 7) is 3.81. The van der Waals surface area contributed by atoms with Gasteiger partial charge in [-0.2, -0.15) is 0 Å². The van der Waals surface area contributed by atoms with Crippen LogP contribution in [0.4, 0.5) is 0 Å². The molecular formula is C13H16O2. The zero-order valence-electron chi connectivity index (χ0n) is 8.92. The summed E-state index contributed by atoms with van der Waals surface area (Å²) in [7, 11) is 0. The molecule has 0 saturated heterocycles. The average Bonchev–Trinajstić information content (AvgIpc) is 2.88. The van der Waals surface area contributed by atoms with E-state index in [-0.39, 0.29) is 5.97 Å². The number of hydrogen-bond acceptors (Lipinski definition) is 2. The van der Waals surface area contributed by atoms with Crippen molar-refractivity contribution in [1.82, 2.24) is 0 Å². The lowest BCUT2D eigenvalue weighted by Crippen LogP contribution is -2.07. The summed E-state index contributed by atoms with van der Waals surface area (Å²) >= 11 is 0. The minimum absolute atomic E-state index is 0.267. The van der Waals surface area contributed by atoms with Crippen LogP contribution >= 0.6 is 0 Å². The van der Waals surface area contributed by atoms with E-state index in [9.17, 15) is 4.79 Å². The Labute approximate surface area is 90.3 Å². The van der Waals surface area contributed by atoms with Crippen molar-refractivity contribution in [3.63, 3.8) is 0 Å². The third-order valence-electron chi connectivity index (χ3n) is 2.90. The van der Waals surface area contributed by atoms with Crippen LogP contribution in [0.15, 0.2) is 35.6 Å². The first-order valence-corrected chi connectivity index (χ1v) is 5.57. The third-order valence-corrected chi connectivity index (χ3v) is 2.90. The van der Waals surface area contributed by atoms with E-state index in [1.807, 2.05) is 6.08 Å². The molecule has 0 bridgehead atoms. The second kappa shape index (κ2) is 4.47. The lowest BCUT2D eigenvalue weighted by atomic mass is 10.1. The number of hydrogen-bond donors (Lipinski definition) is 0. The van der Waals surface area contributed by atoms with E-state index in [1.54, 1.807) is 0 Å². The molecule has 2 aliphatic rings. The van der Waals surface area contributed by atoms with Gasteiger partial charge < -0.3 is 4.74 Å². The van der Waals surface area contributed by atoms with Crippen molar-refractivity contribution >= 4 is 5.97 Å². The minimum Gasteiger partial charge on any atom is -0.428 e. The molecule has 0 aromatic heterocycles. The normalized spacial score (nSPS) is 19.7. The number of ether oxygens (including phenoxy) is 1. The van der Waals surface area contributed by atoms with Gasteiger partial charge in [-0.25, -0.2) is 4.79 Å². The molecule has 0 N–H and O–H groups in total. The van der Waals surface area contributed by atoms with E-state index >= 15 is 0 Å². The molecule has 0 spiro atoms. The summed E-state index contributed by atoms with van der Waals surface area (Å²) in [5.74, 6) is 0.552. The molecule has 2 rings (SSSR count). The standard InChI is InChI=1S/C13H16O2/c1-10(11-6-2-3-7-11)13(14)15-12-8-4-5-9-12/h6,8H,1-5,7,9H2. The molecule has 0 amide bonds. The van der Waals surface area contributed by atoms with E-state index < -0.39 is 0 Å².